The molecule has 1 heterocycles. The van der Waals surface area contributed by atoms with Gasteiger partial charge in [0.15, 0.2) is 0 Å². The van der Waals surface area contributed by atoms with E-state index >= 15 is 0 Å². The van der Waals surface area contributed by atoms with Crippen LogP contribution in [0.15, 0.2) is 0 Å². The molecule has 1 aliphatic rings. The minimum absolute atomic E-state index is 0.0839. The Bertz CT molecular complexity index is 317. The van der Waals surface area contributed by atoms with Crippen molar-refractivity contribution in [2.45, 2.75) is 57.7 Å². The minimum Gasteiger partial charge on any atom is -0.544 e. The summed E-state index contributed by atoms with van der Waals surface area (Å²) in [4.78, 5) is 13.3. The lowest BCUT2D eigenvalue weighted by Gasteiger charge is -2.56. The lowest BCUT2D eigenvalue weighted by atomic mass is 9.76. The van der Waals surface area contributed by atoms with E-state index in [0.717, 1.165) is 12.8 Å². The first-order valence-electron chi connectivity index (χ1n) is 6.65. The van der Waals surface area contributed by atoms with Crippen LogP contribution in [0.4, 0.5) is 0 Å². The second kappa shape index (κ2) is 4.49. The number of likely N-dealkylation sites (tertiary alicyclic amines) is 1. The molecule has 4 nitrogen and oxygen atoms in total. The molecular formula is C14H28N2O2. The molecule has 18 heavy (non-hydrogen) atoms. The highest BCUT2D eigenvalue weighted by Crippen LogP contribution is 2.39. The molecule has 4 heteroatoms. The number of hydrogen-bond donors (Lipinski definition) is 0. The van der Waals surface area contributed by atoms with Gasteiger partial charge < -0.3 is 14.4 Å². The van der Waals surface area contributed by atoms with Crippen molar-refractivity contribution in [3.05, 3.63) is 0 Å². The molecule has 1 aliphatic heterocycles. The van der Waals surface area contributed by atoms with Crippen LogP contribution in [0.2, 0.25) is 0 Å². The van der Waals surface area contributed by atoms with Crippen LogP contribution in [0.5, 0.6) is 0 Å². The summed E-state index contributed by atoms with van der Waals surface area (Å²) >= 11 is 0. The van der Waals surface area contributed by atoms with Gasteiger partial charge in [0, 0.05) is 23.9 Å². The maximum absolute atomic E-state index is 10.9. The lowest BCUT2D eigenvalue weighted by molar-refractivity contribution is -0.912. The Hall–Kier alpha value is -0.610. The van der Waals surface area contributed by atoms with Gasteiger partial charge >= 0.3 is 0 Å². The molecule has 1 fully saturated rings. The fraction of sp³-hybridized carbons (Fsp3) is 0.929. The van der Waals surface area contributed by atoms with Crippen LogP contribution in [0.1, 0.15) is 40.5 Å². The number of likely N-dealkylation sites (N-methyl/N-ethyl adjacent to an activating group) is 1. The molecule has 0 aromatic rings. The first-order valence-corrected chi connectivity index (χ1v) is 6.65. The van der Waals surface area contributed by atoms with Gasteiger partial charge in [-0.15, -0.1) is 0 Å². The summed E-state index contributed by atoms with van der Waals surface area (Å²) in [7, 11) is 6.16. The third-order valence-electron chi connectivity index (χ3n) is 4.81. The van der Waals surface area contributed by atoms with Gasteiger partial charge in [-0.3, -0.25) is 4.90 Å². The van der Waals surface area contributed by atoms with E-state index in [1.165, 1.54) is 0 Å². The van der Waals surface area contributed by atoms with Crippen LogP contribution in [0.25, 0.3) is 0 Å². The first-order chi connectivity index (χ1) is 7.88. The SMILES string of the molecule is CN1C(C)(C)CC([N+](C)(C)CC(=O)[O-])CC1(C)C. The standard InChI is InChI=1S/C14H28N2O2/c1-13(2)8-11(9-14(3,4)15(13)5)16(6,7)10-12(17)18/h11H,8-10H2,1-7H3. The van der Waals surface area contributed by atoms with Gasteiger partial charge in [-0.2, -0.15) is 0 Å². The zero-order chi connectivity index (χ0) is 14.4. The number of carbonyl (C=O) groups excluding carboxylic acids is 1. The minimum atomic E-state index is -0.963. The second-order valence-corrected chi connectivity index (χ2v) is 7.55. The van der Waals surface area contributed by atoms with Gasteiger partial charge in [-0.1, -0.05) is 0 Å². The quantitative estimate of drug-likeness (QED) is 0.689. The van der Waals surface area contributed by atoms with Crippen LogP contribution in [0.3, 0.4) is 0 Å². The molecule has 0 radical (unpaired) electrons. The van der Waals surface area contributed by atoms with Gasteiger partial charge in [0.1, 0.15) is 6.54 Å². The Labute approximate surface area is 111 Å². The van der Waals surface area contributed by atoms with E-state index in [1.807, 2.05) is 14.1 Å². The van der Waals surface area contributed by atoms with E-state index in [2.05, 4.69) is 39.6 Å². The molecule has 0 bridgehead atoms. The molecule has 0 spiro atoms. The fourth-order valence-corrected chi connectivity index (χ4v) is 3.27. The van der Waals surface area contributed by atoms with Crippen LogP contribution in [-0.4, -0.2) is 60.2 Å². The number of hydrogen-bond acceptors (Lipinski definition) is 3. The van der Waals surface area contributed by atoms with Gasteiger partial charge in [0.25, 0.3) is 0 Å². The number of piperidine rings is 1. The second-order valence-electron chi connectivity index (χ2n) is 7.55. The highest BCUT2D eigenvalue weighted by molar-refractivity contribution is 5.65. The molecule has 0 atom stereocenters. The van der Waals surface area contributed by atoms with Gasteiger partial charge in [0.05, 0.1) is 26.1 Å². The van der Waals surface area contributed by atoms with Crippen molar-refractivity contribution < 1.29 is 14.4 Å². The van der Waals surface area contributed by atoms with Crippen molar-refractivity contribution in [3.8, 4) is 0 Å². The van der Waals surface area contributed by atoms with E-state index in [-0.39, 0.29) is 17.6 Å². The number of nitrogens with zero attached hydrogens (tertiary/aromatic N) is 2. The van der Waals surface area contributed by atoms with E-state index in [1.54, 1.807) is 0 Å². The van der Waals surface area contributed by atoms with Crippen molar-refractivity contribution >= 4 is 5.97 Å². The van der Waals surface area contributed by atoms with Gasteiger partial charge in [0.2, 0.25) is 0 Å². The average Bonchev–Trinajstić information content (AvgIpc) is 2.10. The van der Waals surface area contributed by atoms with Crippen molar-refractivity contribution in [3.63, 3.8) is 0 Å². The zero-order valence-corrected chi connectivity index (χ0v) is 12.9. The molecule has 0 aliphatic carbocycles. The van der Waals surface area contributed by atoms with Crippen LogP contribution >= 0.6 is 0 Å². The maximum atomic E-state index is 10.9. The summed E-state index contributed by atoms with van der Waals surface area (Å²) in [5.41, 5.74) is 0.182. The van der Waals surface area contributed by atoms with Crippen molar-refractivity contribution in [2.75, 3.05) is 27.7 Å². The molecule has 0 unspecified atom stereocenters. The smallest absolute Gasteiger partial charge is 0.119 e. The first kappa shape index (κ1) is 15.4. The summed E-state index contributed by atoms with van der Waals surface area (Å²) in [6.45, 7) is 9.03. The molecule has 0 N–H and O–H groups in total. The van der Waals surface area contributed by atoms with Crippen molar-refractivity contribution in [2.24, 2.45) is 0 Å². The van der Waals surface area contributed by atoms with E-state index in [9.17, 15) is 9.90 Å². The zero-order valence-electron chi connectivity index (χ0n) is 12.9. The van der Waals surface area contributed by atoms with Crippen molar-refractivity contribution in [1.29, 1.82) is 0 Å². The van der Waals surface area contributed by atoms with E-state index in [0.29, 0.717) is 10.5 Å². The molecule has 0 saturated carbocycles. The molecule has 1 rings (SSSR count). The Morgan fingerprint density at radius 3 is 1.94 bits per heavy atom. The summed E-state index contributed by atoms with van der Waals surface area (Å²) in [6, 6.07) is 0.351. The van der Waals surface area contributed by atoms with Crippen LogP contribution < -0.4 is 5.11 Å². The summed E-state index contributed by atoms with van der Waals surface area (Å²) in [5.74, 6) is -0.963. The highest BCUT2D eigenvalue weighted by Gasteiger charge is 2.48. The monoisotopic (exact) mass is 256 g/mol. The molecule has 0 aromatic heterocycles. The fourth-order valence-electron chi connectivity index (χ4n) is 3.27. The summed E-state index contributed by atoms with van der Waals surface area (Å²) in [5, 5.41) is 10.9. The number of carbonyl (C=O) groups is 1. The third-order valence-corrected chi connectivity index (χ3v) is 4.81. The Morgan fingerprint density at radius 1 is 1.22 bits per heavy atom. The number of quaternary nitrogens is 1. The van der Waals surface area contributed by atoms with E-state index in [4.69, 9.17) is 0 Å². The molecule has 0 amide bonds. The summed E-state index contributed by atoms with van der Waals surface area (Å²) < 4.78 is 0.503. The largest absolute Gasteiger partial charge is 0.544 e. The van der Waals surface area contributed by atoms with Crippen LogP contribution in [0, 0.1) is 0 Å². The number of aliphatic carboxylic acids is 1. The van der Waals surface area contributed by atoms with E-state index < -0.39 is 5.97 Å². The lowest BCUT2D eigenvalue weighted by Crippen LogP contribution is -2.66. The topological polar surface area (TPSA) is 43.4 Å². The molecule has 0 aromatic carbocycles. The maximum Gasteiger partial charge on any atom is 0.119 e. The highest BCUT2D eigenvalue weighted by atomic mass is 16.4. The van der Waals surface area contributed by atoms with Gasteiger partial charge in [-0.05, 0) is 34.7 Å². The molecular weight excluding hydrogens is 228 g/mol. The third kappa shape index (κ3) is 3.04. The summed E-state index contributed by atoms with van der Waals surface area (Å²) in [6.07, 6.45) is 2.01. The van der Waals surface area contributed by atoms with Gasteiger partial charge in [-0.25, -0.2) is 0 Å². The number of rotatable bonds is 3. The Kier molecular flexibility index (Phi) is 3.86. The predicted octanol–water partition coefficient (Wildman–Crippen LogP) is 0.464. The normalized spacial score (nSPS) is 25.1. The average molecular weight is 256 g/mol. The van der Waals surface area contributed by atoms with Crippen LogP contribution in [-0.2, 0) is 4.79 Å². The Morgan fingerprint density at radius 2 is 1.61 bits per heavy atom. The number of carboxylic acid groups (broad SMARTS) is 1. The molecule has 106 valence electrons. The number of carboxylic acids is 1. The molecule has 1 saturated heterocycles. The predicted molar refractivity (Wildman–Crippen MR) is 70.9 cm³/mol. The Balaban J connectivity index is 2.96. The van der Waals surface area contributed by atoms with Crippen molar-refractivity contribution in [1.82, 2.24) is 4.90 Å².